The average molecular weight is 323 g/mol. The highest BCUT2D eigenvalue weighted by molar-refractivity contribution is 8.02. The van der Waals surface area contributed by atoms with Crippen molar-refractivity contribution in [3.05, 3.63) is 23.2 Å². The van der Waals surface area contributed by atoms with Crippen LogP contribution < -0.4 is 14.8 Å². The van der Waals surface area contributed by atoms with Gasteiger partial charge in [-0.25, -0.2) is 0 Å². The summed E-state index contributed by atoms with van der Waals surface area (Å²) >= 11 is 2.87. The Labute approximate surface area is 129 Å². The molecule has 110 valence electrons. The third-order valence-electron chi connectivity index (χ3n) is 2.79. The Hall–Kier alpha value is -1.80. The Morgan fingerprint density at radius 3 is 2.95 bits per heavy atom. The topological polar surface area (TPSA) is 73.3 Å². The normalized spacial score (nSPS) is 14.0. The molecule has 2 aromatic rings. The van der Waals surface area contributed by atoms with E-state index in [0.717, 1.165) is 9.35 Å². The van der Waals surface area contributed by atoms with Gasteiger partial charge in [0.2, 0.25) is 12.7 Å². The Morgan fingerprint density at radius 1 is 1.38 bits per heavy atom. The van der Waals surface area contributed by atoms with Gasteiger partial charge in [-0.3, -0.25) is 4.79 Å². The third-order valence-corrected chi connectivity index (χ3v) is 4.82. The number of amides is 1. The molecule has 0 radical (unpaired) electrons. The molecule has 0 fully saturated rings. The molecule has 1 N–H and O–H groups in total. The molecule has 2 heterocycles. The zero-order valence-corrected chi connectivity index (χ0v) is 13.1. The molecule has 0 saturated heterocycles. The summed E-state index contributed by atoms with van der Waals surface area (Å²) in [6, 6.07) is 5.33. The van der Waals surface area contributed by atoms with Crippen LogP contribution in [0.25, 0.3) is 0 Å². The summed E-state index contributed by atoms with van der Waals surface area (Å²) in [4.78, 5) is 12.2. The Bertz CT molecular complexity index is 674. The summed E-state index contributed by atoms with van der Waals surface area (Å²) in [7, 11) is 0. The first-order valence-corrected chi connectivity index (χ1v) is 7.99. The van der Waals surface area contributed by atoms with Crippen LogP contribution in [0.1, 0.15) is 11.9 Å². The van der Waals surface area contributed by atoms with E-state index in [-0.39, 0.29) is 18.0 Å². The summed E-state index contributed by atoms with van der Waals surface area (Å²) in [5.74, 6) is 1.25. The Balaban J connectivity index is 1.63. The van der Waals surface area contributed by atoms with Crippen LogP contribution in [0.5, 0.6) is 11.5 Å². The van der Waals surface area contributed by atoms with Gasteiger partial charge in [0.05, 0.1) is 5.25 Å². The van der Waals surface area contributed by atoms with Crippen molar-refractivity contribution < 1.29 is 14.3 Å². The Kier molecular flexibility index (Phi) is 3.98. The van der Waals surface area contributed by atoms with Gasteiger partial charge in [-0.15, -0.1) is 10.2 Å². The first kappa shape index (κ1) is 14.2. The number of nitrogens with zero attached hydrogens (tertiary/aromatic N) is 2. The number of aryl methyl sites for hydroxylation is 1. The van der Waals surface area contributed by atoms with E-state index < -0.39 is 0 Å². The number of carbonyl (C=O) groups is 1. The fraction of sp³-hybridized carbons (Fsp3) is 0.308. The van der Waals surface area contributed by atoms with Crippen LogP contribution in [0, 0.1) is 6.92 Å². The van der Waals surface area contributed by atoms with Crippen LogP contribution >= 0.6 is 23.1 Å². The quantitative estimate of drug-likeness (QED) is 0.872. The van der Waals surface area contributed by atoms with Crippen molar-refractivity contribution >= 4 is 34.7 Å². The first-order chi connectivity index (χ1) is 10.1. The highest BCUT2D eigenvalue weighted by Gasteiger charge is 2.19. The second-order valence-electron chi connectivity index (χ2n) is 4.40. The number of hydrogen-bond acceptors (Lipinski definition) is 7. The smallest absolute Gasteiger partial charge is 0.237 e. The highest BCUT2D eigenvalue weighted by Crippen LogP contribution is 2.34. The number of rotatable bonds is 4. The lowest BCUT2D eigenvalue weighted by Crippen LogP contribution is -2.22. The van der Waals surface area contributed by atoms with Crippen molar-refractivity contribution in [1.29, 1.82) is 0 Å². The standard InChI is InChI=1S/C13H13N3O3S2/c1-7(20-13-16-15-8(2)21-13)12(17)14-9-3-4-10-11(5-9)19-6-18-10/h3-5,7H,6H2,1-2H3,(H,14,17). The second-order valence-corrected chi connectivity index (χ2v) is 7.17. The van der Waals surface area contributed by atoms with Gasteiger partial charge < -0.3 is 14.8 Å². The maximum Gasteiger partial charge on any atom is 0.237 e. The second kappa shape index (κ2) is 5.90. The van der Waals surface area contributed by atoms with Gasteiger partial charge in [-0.05, 0) is 26.0 Å². The summed E-state index contributed by atoms with van der Waals surface area (Å²) < 4.78 is 11.3. The molecule has 0 saturated carbocycles. The fourth-order valence-electron chi connectivity index (χ4n) is 1.75. The minimum Gasteiger partial charge on any atom is -0.454 e. The molecule has 1 atom stereocenters. The van der Waals surface area contributed by atoms with Crippen LogP contribution in [0.3, 0.4) is 0 Å². The zero-order valence-electron chi connectivity index (χ0n) is 11.5. The molecule has 0 spiro atoms. The van der Waals surface area contributed by atoms with E-state index in [1.54, 1.807) is 18.2 Å². The SMILES string of the molecule is Cc1nnc(SC(C)C(=O)Nc2ccc3c(c2)OCO3)s1. The molecule has 6 nitrogen and oxygen atoms in total. The van der Waals surface area contributed by atoms with Gasteiger partial charge in [-0.2, -0.15) is 0 Å². The maximum atomic E-state index is 12.2. The molecule has 1 aromatic heterocycles. The van der Waals surface area contributed by atoms with E-state index >= 15 is 0 Å². The van der Waals surface area contributed by atoms with E-state index in [4.69, 9.17) is 9.47 Å². The fourth-order valence-corrected chi connectivity index (χ4v) is 3.71. The summed E-state index contributed by atoms with van der Waals surface area (Å²) in [5, 5.41) is 11.4. The number of fused-ring (bicyclic) bond motifs is 1. The molecule has 1 amide bonds. The van der Waals surface area contributed by atoms with E-state index in [1.807, 2.05) is 13.8 Å². The monoisotopic (exact) mass is 323 g/mol. The molecule has 0 bridgehead atoms. The molecule has 1 aliphatic heterocycles. The number of anilines is 1. The van der Waals surface area contributed by atoms with E-state index in [9.17, 15) is 4.79 Å². The molecule has 8 heteroatoms. The van der Waals surface area contributed by atoms with Gasteiger partial charge in [0.15, 0.2) is 15.8 Å². The zero-order chi connectivity index (χ0) is 14.8. The number of benzene rings is 1. The van der Waals surface area contributed by atoms with Crippen LogP contribution in [-0.4, -0.2) is 28.1 Å². The number of thioether (sulfide) groups is 1. The maximum absolute atomic E-state index is 12.2. The van der Waals surface area contributed by atoms with Crippen molar-refractivity contribution in [2.24, 2.45) is 0 Å². The van der Waals surface area contributed by atoms with E-state index in [0.29, 0.717) is 17.2 Å². The number of ether oxygens (including phenoxy) is 2. The number of aromatic nitrogens is 2. The molecule has 1 unspecified atom stereocenters. The summed E-state index contributed by atoms with van der Waals surface area (Å²) in [6.45, 7) is 3.94. The lowest BCUT2D eigenvalue weighted by atomic mass is 10.2. The number of nitrogens with one attached hydrogen (secondary N) is 1. The molecular formula is C13H13N3O3S2. The molecule has 1 aliphatic rings. The van der Waals surface area contributed by atoms with Crippen molar-refractivity contribution in [1.82, 2.24) is 10.2 Å². The molecule has 0 aliphatic carbocycles. The van der Waals surface area contributed by atoms with Gasteiger partial charge in [0.1, 0.15) is 5.01 Å². The number of hydrogen-bond donors (Lipinski definition) is 1. The summed E-state index contributed by atoms with van der Waals surface area (Å²) in [5.41, 5.74) is 0.685. The predicted octanol–water partition coefficient (Wildman–Crippen LogP) is 2.69. The van der Waals surface area contributed by atoms with Crippen molar-refractivity contribution in [2.75, 3.05) is 12.1 Å². The van der Waals surface area contributed by atoms with Crippen LogP contribution in [0.15, 0.2) is 22.5 Å². The van der Waals surface area contributed by atoms with E-state index in [2.05, 4.69) is 15.5 Å². The first-order valence-electron chi connectivity index (χ1n) is 6.29. The van der Waals surface area contributed by atoms with Crippen LogP contribution in [0.2, 0.25) is 0 Å². The lowest BCUT2D eigenvalue weighted by molar-refractivity contribution is -0.115. The lowest BCUT2D eigenvalue weighted by Gasteiger charge is -2.10. The van der Waals surface area contributed by atoms with Crippen LogP contribution in [0.4, 0.5) is 5.69 Å². The average Bonchev–Trinajstić information content (AvgIpc) is 3.07. The third kappa shape index (κ3) is 3.27. The molecular weight excluding hydrogens is 310 g/mol. The van der Waals surface area contributed by atoms with Crippen molar-refractivity contribution in [3.8, 4) is 11.5 Å². The van der Waals surface area contributed by atoms with Gasteiger partial charge >= 0.3 is 0 Å². The predicted molar refractivity (Wildman–Crippen MR) is 81.2 cm³/mol. The highest BCUT2D eigenvalue weighted by atomic mass is 32.2. The summed E-state index contributed by atoms with van der Waals surface area (Å²) in [6.07, 6.45) is 0. The van der Waals surface area contributed by atoms with Gasteiger partial charge in [-0.1, -0.05) is 23.1 Å². The van der Waals surface area contributed by atoms with Gasteiger partial charge in [0.25, 0.3) is 0 Å². The molecule has 3 rings (SSSR count). The minimum atomic E-state index is -0.261. The minimum absolute atomic E-state index is 0.0910. The van der Waals surface area contributed by atoms with Gasteiger partial charge in [0, 0.05) is 11.8 Å². The van der Waals surface area contributed by atoms with E-state index in [1.165, 1.54) is 23.1 Å². The molecule has 1 aromatic carbocycles. The van der Waals surface area contributed by atoms with Crippen molar-refractivity contribution in [2.45, 2.75) is 23.4 Å². The largest absolute Gasteiger partial charge is 0.454 e. The Morgan fingerprint density at radius 2 is 2.19 bits per heavy atom. The molecule has 21 heavy (non-hydrogen) atoms. The van der Waals surface area contributed by atoms with Crippen molar-refractivity contribution in [3.63, 3.8) is 0 Å². The van der Waals surface area contributed by atoms with Crippen LogP contribution in [-0.2, 0) is 4.79 Å². The number of carbonyl (C=O) groups excluding carboxylic acids is 1.